The highest BCUT2D eigenvalue weighted by molar-refractivity contribution is 7.99. The van der Waals surface area contributed by atoms with Crippen LogP contribution in [-0.4, -0.2) is 15.4 Å². The lowest BCUT2D eigenvalue weighted by atomic mass is 10.2. The molecule has 0 bridgehead atoms. The molecular weight excluding hydrogens is 210 g/mol. The Labute approximate surface area is 95.0 Å². The van der Waals surface area contributed by atoms with Crippen molar-refractivity contribution in [3.05, 3.63) is 11.7 Å². The molecule has 0 aliphatic carbocycles. The van der Waals surface area contributed by atoms with Crippen LogP contribution in [0.25, 0.3) is 0 Å². The van der Waals surface area contributed by atoms with Gasteiger partial charge in [-0.3, -0.25) is 0 Å². The molecule has 86 valence electrons. The topological polar surface area (TPSA) is 64.9 Å². The first-order valence-corrected chi connectivity index (χ1v) is 6.38. The molecule has 1 heterocycles. The molecule has 0 radical (unpaired) electrons. The summed E-state index contributed by atoms with van der Waals surface area (Å²) in [5, 5.41) is 4.48. The van der Waals surface area contributed by atoms with Gasteiger partial charge in [0.25, 0.3) is 0 Å². The van der Waals surface area contributed by atoms with Gasteiger partial charge >= 0.3 is 0 Å². The average Bonchev–Trinajstić information content (AvgIpc) is 2.63. The van der Waals surface area contributed by atoms with Gasteiger partial charge in [-0.15, -0.1) is 0 Å². The number of nitrogens with two attached hydrogens (primary N) is 1. The van der Waals surface area contributed by atoms with Crippen LogP contribution in [0.5, 0.6) is 0 Å². The summed E-state index contributed by atoms with van der Waals surface area (Å²) in [7, 11) is 0. The number of aromatic nitrogens is 2. The van der Waals surface area contributed by atoms with Crippen LogP contribution in [0.4, 0.5) is 0 Å². The summed E-state index contributed by atoms with van der Waals surface area (Å²) in [6.07, 6.45) is 1.92. The van der Waals surface area contributed by atoms with Crippen LogP contribution >= 0.6 is 11.8 Å². The second-order valence-corrected chi connectivity index (χ2v) is 5.37. The zero-order valence-corrected chi connectivity index (χ0v) is 10.4. The third-order valence-corrected chi connectivity index (χ3v) is 3.04. The molecule has 1 aromatic heterocycles. The first-order valence-electron chi connectivity index (χ1n) is 5.33. The fourth-order valence-corrected chi connectivity index (χ4v) is 1.75. The molecule has 4 nitrogen and oxygen atoms in total. The van der Waals surface area contributed by atoms with Crippen LogP contribution in [0.2, 0.25) is 0 Å². The van der Waals surface area contributed by atoms with Crippen LogP contribution in [0, 0.1) is 0 Å². The Morgan fingerprint density at radius 2 is 2.20 bits per heavy atom. The first-order chi connectivity index (χ1) is 7.13. The standard InChI is InChI=1S/C10H19N3OS/c1-4-5-8(11)10-12-9(13-14-10)6-15-7(2)3/h7-8H,4-6,11H2,1-3H3/t8-/m0/s1. The van der Waals surface area contributed by atoms with Gasteiger partial charge in [0, 0.05) is 0 Å². The Hall–Kier alpha value is -0.550. The molecule has 1 aromatic rings. The van der Waals surface area contributed by atoms with Gasteiger partial charge in [0.05, 0.1) is 11.8 Å². The van der Waals surface area contributed by atoms with Crippen molar-refractivity contribution in [3.8, 4) is 0 Å². The van der Waals surface area contributed by atoms with Gasteiger partial charge < -0.3 is 10.3 Å². The van der Waals surface area contributed by atoms with Gasteiger partial charge in [0.15, 0.2) is 5.82 Å². The smallest absolute Gasteiger partial charge is 0.243 e. The molecule has 0 amide bonds. The second kappa shape index (κ2) is 6.12. The summed E-state index contributed by atoms with van der Waals surface area (Å²) in [4.78, 5) is 4.28. The highest BCUT2D eigenvalue weighted by atomic mass is 32.2. The van der Waals surface area contributed by atoms with Crippen LogP contribution in [0.1, 0.15) is 51.4 Å². The van der Waals surface area contributed by atoms with E-state index in [1.165, 1.54) is 0 Å². The fourth-order valence-electron chi connectivity index (χ4n) is 1.15. The quantitative estimate of drug-likeness (QED) is 0.812. The Morgan fingerprint density at radius 3 is 2.80 bits per heavy atom. The van der Waals surface area contributed by atoms with Crippen molar-refractivity contribution < 1.29 is 4.52 Å². The lowest BCUT2D eigenvalue weighted by molar-refractivity contribution is 0.345. The summed E-state index contributed by atoms with van der Waals surface area (Å²) in [6.45, 7) is 6.38. The Bertz CT molecular complexity index is 288. The van der Waals surface area contributed by atoms with Crippen molar-refractivity contribution >= 4 is 11.8 Å². The third kappa shape index (κ3) is 4.22. The van der Waals surface area contributed by atoms with E-state index in [0.717, 1.165) is 24.4 Å². The molecule has 5 heteroatoms. The minimum atomic E-state index is -0.111. The zero-order chi connectivity index (χ0) is 11.3. The minimum absolute atomic E-state index is 0.111. The van der Waals surface area contributed by atoms with Crippen LogP contribution in [0.3, 0.4) is 0 Å². The maximum Gasteiger partial charge on any atom is 0.243 e. The van der Waals surface area contributed by atoms with Gasteiger partial charge in [-0.1, -0.05) is 32.3 Å². The maximum atomic E-state index is 5.87. The molecule has 2 N–H and O–H groups in total. The molecular formula is C10H19N3OS. The monoisotopic (exact) mass is 229 g/mol. The summed E-state index contributed by atoms with van der Waals surface area (Å²) < 4.78 is 5.11. The van der Waals surface area contributed by atoms with Crippen molar-refractivity contribution in [1.29, 1.82) is 0 Å². The van der Waals surface area contributed by atoms with E-state index in [2.05, 4.69) is 30.9 Å². The lowest BCUT2D eigenvalue weighted by Gasteiger charge is -2.02. The molecule has 0 aliphatic rings. The van der Waals surface area contributed by atoms with E-state index in [-0.39, 0.29) is 6.04 Å². The average molecular weight is 229 g/mol. The molecule has 0 saturated carbocycles. The van der Waals surface area contributed by atoms with Gasteiger partial charge in [-0.05, 0) is 11.7 Å². The fraction of sp³-hybridized carbons (Fsp3) is 0.800. The summed E-state index contributed by atoms with van der Waals surface area (Å²) in [5.41, 5.74) is 5.87. The number of hydrogen-bond acceptors (Lipinski definition) is 5. The molecule has 0 saturated heterocycles. The zero-order valence-electron chi connectivity index (χ0n) is 9.56. The Morgan fingerprint density at radius 1 is 1.47 bits per heavy atom. The number of rotatable bonds is 6. The molecule has 0 aromatic carbocycles. The van der Waals surface area contributed by atoms with Crippen LogP contribution in [0.15, 0.2) is 4.52 Å². The first kappa shape index (κ1) is 12.5. The van der Waals surface area contributed by atoms with Crippen molar-refractivity contribution in [2.24, 2.45) is 5.73 Å². The molecule has 0 spiro atoms. The second-order valence-electron chi connectivity index (χ2n) is 3.80. The van der Waals surface area contributed by atoms with E-state index >= 15 is 0 Å². The summed E-state index contributed by atoms with van der Waals surface area (Å²) >= 11 is 1.80. The van der Waals surface area contributed by atoms with Gasteiger partial charge in [0.1, 0.15) is 0 Å². The molecule has 15 heavy (non-hydrogen) atoms. The van der Waals surface area contributed by atoms with Crippen molar-refractivity contribution in [2.75, 3.05) is 0 Å². The minimum Gasteiger partial charge on any atom is -0.338 e. The molecule has 0 aliphatic heterocycles. The predicted octanol–water partition coefficient (Wildman–Crippen LogP) is 2.51. The van der Waals surface area contributed by atoms with E-state index in [1.54, 1.807) is 11.8 Å². The number of nitrogens with zero attached hydrogens (tertiary/aromatic N) is 2. The third-order valence-electron chi connectivity index (χ3n) is 1.95. The molecule has 0 unspecified atom stereocenters. The van der Waals surface area contributed by atoms with Gasteiger partial charge in [-0.2, -0.15) is 16.7 Å². The largest absolute Gasteiger partial charge is 0.338 e. The van der Waals surface area contributed by atoms with Gasteiger partial charge in [0.2, 0.25) is 5.89 Å². The highest BCUT2D eigenvalue weighted by Gasteiger charge is 2.13. The van der Waals surface area contributed by atoms with Crippen molar-refractivity contribution in [1.82, 2.24) is 10.1 Å². The summed E-state index contributed by atoms with van der Waals surface area (Å²) in [5.74, 6) is 2.10. The number of thioether (sulfide) groups is 1. The van der Waals surface area contributed by atoms with E-state index in [9.17, 15) is 0 Å². The number of hydrogen-bond donors (Lipinski definition) is 1. The van der Waals surface area contributed by atoms with E-state index < -0.39 is 0 Å². The molecule has 0 fully saturated rings. The van der Waals surface area contributed by atoms with Crippen LogP contribution < -0.4 is 5.73 Å². The Kier molecular flexibility index (Phi) is 5.11. The van der Waals surface area contributed by atoms with Gasteiger partial charge in [-0.25, -0.2) is 0 Å². The highest BCUT2D eigenvalue weighted by Crippen LogP contribution is 2.18. The Balaban J connectivity index is 2.48. The molecule has 1 rings (SSSR count). The predicted molar refractivity (Wildman–Crippen MR) is 62.6 cm³/mol. The van der Waals surface area contributed by atoms with Crippen molar-refractivity contribution in [3.63, 3.8) is 0 Å². The van der Waals surface area contributed by atoms with E-state index in [4.69, 9.17) is 10.3 Å². The summed E-state index contributed by atoms with van der Waals surface area (Å²) in [6, 6.07) is -0.111. The maximum absolute atomic E-state index is 5.87. The van der Waals surface area contributed by atoms with E-state index in [0.29, 0.717) is 11.1 Å². The van der Waals surface area contributed by atoms with Crippen molar-refractivity contribution in [2.45, 2.75) is 50.7 Å². The lowest BCUT2D eigenvalue weighted by Crippen LogP contribution is -2.10. The van der Waals surface area contributed by atoms with Crippen LogP contribution in [-0.2, 0) is 5.75 Å². The molecule has 1 atom stereocenters. The van der Waals surface area contributed by atoms with E-state index in [1.807, 2.05) is 0 Å². The SMILES string of the molecule is CCC[C@H](N)c1nc(CSC(C)C)no1. The normalized spacial score (nSPS) is 13.4.